The van der Waals surface area contributed by atoms with Crippen LogP contribution in [0.5, 0.6) is 0 Å². The number of aromatic nitrogens is 1. The maximum Gasteiger partial charge on any atom is 0.133 e. The van der Waals surface area contributed by atoms with Crippen molar-refractivity contribution < 1.29 is 0 Å². The highest BCUT2D eigenvalue weighted by Crippen LogP contribution is 2.22. The summed E-state index contributed by atoms with van der Waals surface area (Å²) in [6.45, 7) is 0.882. The van der Waals surface area contributed by atoms with Crippen molar-refractivity contribution in [3.8, 4) is 0 Å². The van der Waals surface area contributed by atoms with Crippen LogP contribution in [0.3, 0.4) is 0 Å². The van der Waals surface area contributed by atoms with Gasteiger partial charge in [0.2, 0.25) is 0 Å². The topological polar surface area (TPSA) is 31.4 Å². The van der Waals surface area contributed by atoms with Gasteiger partial charge in [0.25, 0.3) is 0 Å². The molecule has 2 aliphatic rings. The zero-order chi connectivity index (χ0) is 8.67. The molecule has 13 heavy (non-hydrogen) atoms. The molecule has 2 aliphatic heterocycles. The first-order chi connectivity index (χ1) is 6.43. The summed E-state index contributed by atoms with van der Waals surface area (Å²) in [5, 5.41) is 0. The Morgan fingerprint density at radius 3 is 3.46 bits per heavy atom. The Morgan fingerprint density at radius 1 is 1.46 bits per heavy atom. The monoisotopic (exact) mass is 171 g/mol. The molecule has 0 atom stereocenters. The van der Waals surface area contributed by atoms with Crippen molar-refractivity contribution in [1.29, 1.82) is 0 Å². The highest BCUT2D eigenvalue weighted by atomic mass is 15.2. The lowest BCUT2D eigenvalue weighted by Crippen LogP contribution is -2.10. The van der Waals surface area contributed by atoms with E-state index in [2.05, 4.69) is 39.3 Å². The van der Waals surface area contributed by atoms with Crippen LogP contribution in [0.2, 0.25) is 0 Å². The van der Waals surface area contributed by atoms with Gasteiger partial charge in [0.05, 0.1) is 6.54 Å². The van der Waals surface area contributed by atoms with Crippen LogP contribution in [0, 0.1) is 0 Å². The molecule has 0 fully saturated rings. The summed E-state index contributed by atoms with van der Waals surface area (Å²) >= 11 is 0. The lowest BCUT2D eigenvalue weighted by molar-refractivity contribution is 0.563. The minimum Gasteiger partial charge on any atom is -0.361 e. The number of fused-ring (bicyclic) bond motifs is 2. The second-order valence-corrected chi connectivity index (χ2v) is 3.13. The van der Waals surface area contributed by atoms with Crippen LogP contribution in [0.1, 0.15) is 11.3 Å². The van der Waals surface area contributed by atoms with Crippen LogP contribution >= 0.6 is 0 Å². The molecule has 0 spiro atoms. The highest BCUT2D eigenvalue weighted by Gasteiger charge is 2.13. The van der Waals surface area contributed by atoms with Gasteiger partial charge in [0, 0.05) is 29.9 Å². The molecule has 0 bridgehead atoms. The van der Waals surface area contributed by atoms with Gasteiger partial charge < -0.3 is 9.88 Å². The Labute approximate surface area is 76.1 Å². The molecule has 3 rings (SSSR count). The van der Waals surface area contributed by atoms with Gasteiger partial charge >= 0.3 is 0 Å². The van der Waals surface area contributed by atoms with E-state index >= 15 is 0 Å². The molecule has 1 N–H and O–H groups in total. The van der Waals surface area contributed by atoms with Gasteiger partial charge in [-0.1, -0.05) is 0 Å². The lowest BCUT2D eigenvalue weighted by Gasteiger charge is -2.09. The Kier molecular flexibility index (Phi) is 1.22. The van der Waals surface area contributed by atoms with Gasteiger partial charge in [-0.05, 0) is 18.2 Å². The summed E-state index contributed by atoms with van der Waals surface area (Å²) in [6.07, 6.45) is 10.1. The fraction of sp³-hybridized carbons (Fsp3) is 0.100. The summed E-state index contributed by atoms with van der Waals surface area (Å²) in [5.41, 5.74) is 2.35. The maximum absolute atomic E-state index is 4.29. The van der Waals surface area contributed by atoms with Gasteiger partial charge in [0.1, 0.15) is 5.82 Å². The summed E-state index contributed by atoms with van der Waals surface area (Å²) in [4.78, 5) is 9.59. The molecule has 1 aromatic rings. The molecule has 3 heterocycles. The Morgan fingerprint density at radius 2 is 2.46 bits per heavy atom. The molecule has 64 valence electrons. The van der Waals surface area contributed by atoms with E-state index in [-0.39, 0.29) is 0 Å². The second kappa shape index (κ2) is 2.36. The predicted molar refractivity (Wildman–Crippen MR) is 53.0 cm³/mol. The number of hydrogen-bond acceptors (Lipinski definition) is 2. The number of nitrogens with zero attached hydrogens (tertiary/aromatic N) is 2. The van der Waals surface area contributed by atoms with Crippen LogP contribution in [0.25, 0.3) is 12.2 Å². The predicted octanol–water partition coefficient (Wildman–Crippen LogP) is 1.68. The molecule has 0 saturated heterocycles. The third kappa shape index (κ3) is 0.935. The van der Waals surface area contributed by atoms with E-state index in [1.54, 1.807) is 0 Å². The molecule has 0 aromatic carbocycles. The number of hydrogen-bond donors (Lipinski definition) is 1. The van der Waals surface area contributed by atoms with Gasteiger partial charge in [-0.2, -0.15) is 0 Å². The third-order valence-corrected chi connectivity index (χ3v) is 2.31. The highest BCUT2D eigenvalue weighted by molar-refractivity contribution is 5.73. The van der Waals surface area contributed by atoms with E-state index in [4.69, 9.17) is 0 Å². The number of aromatic amines is 1. The van der Waals surface area contributed by atoms with Gasteiger partial charge in [-0.15, -0.1) is 0 Å². The van der Waals surface area contributed by atoms with Crippen molar-refractivity contribution in [3.05, 3.63) is 35.5 Å². The number of H-pyrrole nitrogens is 1. The van der Waals surface area contributed by atoms with Crippen molar-refractivity contribution >= 4 is 18.4 Å². The molecule has 0 radical (unpaired) electrons. The zero-order valence-corrected chi connectivity index (χ0v) is 7.07. The molecular formula is C10H9N3. The summed E-state index contributed by atoms with van der Waals surface area (Å²) in [5.74, 6) is 1.02. The fourth-order valence-electron chi connectivity index (χ4n) is 1.62. The number of aliphatic imine (C=N–C) groups is 1. The van der Waals surface area contributed by atoms with Crippen LogP contribution in [0.15, 0.2) is 29.3 Å². The molecule has 0 saturated carbocycles. The van der Waals surface area contributed by atoms with E-state index in [0.717, 1.165) is 18.1 Å². The maximum atomic E-state index is 4.29. The smallest absolute Gasteiger partial charge is 0.133 e. The SMILES string of the molecule is C1=CN2CC=NC2=Cc2cc[nH]c21. The minimum atomic E-state index is 0.882. The van der Waals surface area contributed by atoms with Crippen molar-refractivity contribution in [2.24, 2.45) is 4.99 Å². The molecule has 0 unspecified atom stereocenters. The fourth-order valence-corrected chi connectivity index (χ4v) is 1.62. The summed E-state index contributed by atoms with van der Waals surface area (Å²) < 4.78 is 0. The van der Waals surface area contributed by atoms with E-state index in [1.807, 2.05) is 12.4 Å². The zero-order valence-electron chi connectivity index (χ0n) is 7.07. The average Bonchev–Trinajstić information content (AvgIpc) is 2.72. The van der Waals surface area contributed by atoms with Crippen LogP contribution in [-0.2, 0) is 0 Å². The van der Waals surface area contributed by atoms with Crippen molar-refractivity contribution in [2.75, 3.05) is 6.54 Å². The van der Waals surface area contributed by atoms with Crippen molar-refractivity contribution in [1.82, 2.24) is 9.88 Å². The first-order valence-electron chi connectivity index (χ1n) is 4.30. The molecule has 0 aliphatic carbocycles. The van der Waals surface area contributed by atoms with Gasteiger partial charge in [-0.25, -0.2) is 4.99 Å². The largest absolute Gasteiger partial charge is 0.361 e. The van der Waals surface area contributed by atoms with Gasteiger partial charge in [0.15, 0.2) is 0 Å². The van der Waals surface area contributed by atoms with Crippen molar-refractivity contribution in [2.45, 2.75) is 0 Å². The van der Waals surface area contributed by atoms with E-state index in [1.165, 1.54) is 5.56 Å². The molecule has 3 nitrogen and oxygen atoms in total. The molecule has 1 aromatic heterocycles. The van der Waals surface area contributed by atoms with E-state index in [0.29, 0.717) is 0 Å². The minimum absolute atomic E-state index is 0.882. The molecule has 0 amide bonds. The first kappa shape index (κ1) is 6.71. The lowest BCUT2D eigenvalue weighted by atomic mass is 10.2. The normalized spacial score (nSPS) is 18.2. The number of rotatable bonds is 0. The standard InChI is InChI=1S/C10H9N3/c1-3-11-9-2-5-13-6-4-12-10(13)7-8(1)9/h1-5,7,11H,6H2. The van der Waals surface area contributed by atoms with Crippen LogP contribution in [-0.4, -0.2) is 22.6 Å². The van der Waals surface area contributed by atoms with Crippen LogP contribution in [0.4, 0.5) is 0 Å². The summed E-state index contributed by atoms with van der Waals surface area (Å²) in [7, 11) is 0. The Hall–Kier alpha value is -1.77. The first-order valence-corrected chi connectivity index (χ1v) is 4.30. The second-order valence-electron chi connectivity index (χ2n) is 3.13. The van der Waals surface area contributed by atoms with E-state index < -0.39 is 0 Å². The third-order valence-electron chi connectivity index (χ3n) is 2.31. The Balaban J connectivity index is 2.18. The number of nitrogens with one attached hydrogen (secondary N) is 1. The quantitative estimate of drug-likeness (QED) is 0.632. The Bertz CT molecular complexity index is 423. The molecular weight excluding hydrogens is 162 g/mol. The molecule has 3 heteroatoms. The average molecular weight is 171 g/mol. The summed E-state index contributed by atoms with van der Waals surface area (Å²) in [6, 6.07) is 2.06. The van der Waals surface area contributed by atoms with Gasteiger partial charge in [-0.3, -0.25) is 0 Å². The van der Waals surface area contributed by atoms with E-state index in [9.17, 15) is 0 Å². The van der Waals surface area contributed by atoms with Crippen molar-refractivity contribution in [3.63, 3.8) is 0 Å². The van der Waals surface area contributed by atoms with Crippen LogP contribution < -0.4 is 0 Å².